The molecule has 4 aromatic rings. The van der Waals surface area contributed by atoms with E-state index in [4.69, 9.17) is 14.5 Å². The summed E-state index contributed by atoms with van der Waals surface area (Å²) in [6.07, 6.45) is 7.56. The van der Waals surface area contributed by atoms with E-state index in [1.807, 2.05) is 40.6 Å². The Morgan fingerprint density at radius 2 is 2.03 bits per heavy atom. The second-order valence-electron chi connectivity index (χ2n) is 8.07. The molecule has 0 saturated carbocycles. The molecule has 3 heterocycles. The number of hydrogen-bond donors (Lipinski definition) is 0. The molecule has 3 aromatic heterocycles. The standard InChI is InChI=1S/C24H26N4O3S2/c1-27-12-10-25-20(27)14-32-24-26-22-21(16-5-4-6-19(16)33-22)23(29)28(24)11-9-15-7-8-17(30-2)18(13-15)31-3/h7-8,10,12-13H,4-6,9,11,14H2,1-3H3. The summed E-state index contributed by atoms with van der Waals surface area (Å²) in [7, 11) is 5.24. The third kappa shape index (κ3) is 4.15. The Kier molecular flexibility index (Phi) is 6.16. The third-order valence-corrected chi connectivity index (χ3v) is 8.27. The Hall–Kier alpha value is -2.78. The van der Waals surface area contributed by atoms with Gasteiger partial charge in [-0.25, -0.2) is 9.97 Å². The average molecular weight is 483 g/mol. The number of rotatable bonds is 8. The van der Waals surface area contributed by atoms with Gasteiger partial charge in [0.25, 0.3) is 5.56 Å². The Bertz CT molecular complexity index is 1370. The van der Waals surface area contributed by atoms with Crippen molar-refractivity contribution in [2.75, 3.05) is 14.2 Å². The van der Waals surface area contributed by atoms with Crippen molar-refractivity contribution in [3.05, 3.63) is 62.8 Å². The second-order valence-corrected chi connectivity index (χ2v) is 10.1. The maximum Gasteiger partial charge on any atom is 0.263 e. The van der Waals surface area contributed by atoms with Crippen molar-refractivity contribution in [2.24, 2.45) is 7.05 Å². The van der Waals surface area contributed by atoms with Crippen LogP contribution in [0.3, 0.4) is 0 Å². The molecule has 7 nitrogen and oxygen atoms in total. The van der Waals surface area contributed by atoms with Crippen molar-refractivity contribution in [3.63, 3.8) is 0 Å². The highest BCUT2D eigenvalue weighted by Gasteiger charge is 2.23. The molecule has 9 heteroatoms. The number of benzene rings is 1. The molecule has 0 unspecified atom stereocenters. The van der Waals surface area contributed by atoms with Crippen LogP contribution in [0.4, 0.5) is 0 Å². The molecular formula is C24H26N4O3S2. The number of fused-ring (bicyclic) bond motifs is 3. The molecule has 0 spiro atoms. The minimum absolute atomic E-state index is 0.0715. The van der Waals surface area contributed by atoms with Crippen LogP contribution in [-0.4, -0.2) is 33.3 Å². The van der Waals surface area contributed by atoms with Crippen molar-refractivity contribution in [3.8, 4) is 11.5 Å². The van der Waals surface area contributed by atoms with Gasteiger partial charge in [0.1, 0.15) is 10.7 Å². The predicted molar refractivity (Wildman–Crippen MR) is 132 cm³/mol. The molecule has 0 N–H and O–H groups in total. The van der Waals surface area contributed by atoms with Gasteiger partial charge < -0.3 is 14.0 Å². The number of aromatic nitrogens is 4. The molecule has 1 aliphatic carbocycles. The van der Waals surface area contributed by atoms with E-state index in [1.165, 1.54) is 10.4 Å². The molecular weight excluding hydrogens is 456 g/mol. The van der Waals surface area contributed by atoms with Crippen molar-refractivity contribution in [2.45, 2.75) is 43.1 Å². The van der Waals surface area contributed by atoms with Gasteiger partial charge in [-0.05, 0) is 48.9 Å². The van der Waals surface area contributed by atoms with E-state index >= 15 is 0 Å². The van der Waals surface area contributed by atoms with Gasteiger partial charge in [0.05, 0.1) is 25.4 Å². The lowest BCUT2D eigenvalue weighted by Gasteiger charge is -2.14. The predicted octanol–water partition coefficient (Wildman–Crippen LogP) is 4.23. The smallest absolute Gasteiger partial charge is 0.263 e. The van der Waals surface area contributed by atoms with Crippen LogP contribution in [0.25, 0.3) is 10.2 Å². The van der Waals surface area contributed by atoms with E-state index in [0.29, 0.717) is 30.2 Å². The second kappa shape index (κ2) is 9.23. The van der Waals surface area contributed by atoms with Crippen LogP contribution >= 0.6 is 23.1 Å². The number of aryl methyl sites for hydroxylation is 4. The first-order chi connectivity index (χ1) is 16.1. The van der Waals surface area contributed by atoms with Crippen LogP contribution < -0.4 is 15.0 Å². The van der Waals surface area contributed by atoms with Crippen LogP contribution in [0.1, 0.15) is 28.2 Å². The SMILES string of the molecule is COc1ccc(CCn2c(SCc3nccn3C)nc3sc4c(c3c2=O)CCC4)cc1OC. The number of thioether (sulfide) groups is 1. The van der Waals surface area contributed by atoms with Gasteiger partial charge in [-0.15, -0.1) is 11.3 Å². The number of thiophene rings is 1. The number of nitrogens with zero attached hydrogens (tertiary/aromatic N) is 4. The van der Waals surface area contributed by atoms with Gasteiger partial charge in [0.2, 0.25) is 0 Å². The van der Waals surface area contributed by atoms with E-state index in [9.17, 15) is 4.79 Å². The first-order valence-electron chi connectivity index (χ1n) is 10.9. The van der Waals surface area contributed by atoms with E-state index < -0.39 is 0 Å². The molecule has 0 amide bonds. The summed E-state index contributed by atoms with van der Waals surface area (Å²) in [5.41, 5.74) is 2.37. The van der Waals surface area contributed by atoms with Gasteiger partial charge in [-0.2, -0.15) is 0 Å². The highest BCUT2D eigenvalue weighted by Crippen LogP contribution is 2.36. The van der Waals surface area contributed by atoms with Crippen LogP contribution in [0.5, 0.6) is 11.5 Å². The topological polar surface area (TPSA) is 71.2 Å². The maximum atomic E-state index is 13.7. The normalized spacial score (nSPS) is 12.9. The molecule has 172 valence electrons. The van der Waals surface area contributed by atoms with Gasteiger partial charge >= 0.3 is 0 Å². The Balaban J connectivity index is 1.50. The minimum atomic E-state index is 0.0715. The summed E-state index contributed by atoms with van der Waals surface area (Å²) in [6, 6.07) is 5.89. The van der Waals surface area contributed by atoms with Crippen molar-refractivity contribution in [1.82, 2.24) is 19.1 Å². The number of methoxy groups -OCH3 is 2. The lowest BCUT2D eigenvalue weighted by Crippen LogP contribution is -2.24. The number of imidazole rings is 1. The zero-order valence-electron chi connectivity index (χ0n) is 19.0. The highest BCUT2D eigenvalue weighted by atomic mass is 32.2. The summed E-state index contributed by atoms with van der Waals surface area (Å²) in [5.74, 6) is 3.00. The Labute approximate surface area is 200 Å². The highest BCUT2D eigenvalue weighted by molar-refractivity contribution is 7.98. The lowest BCUT2D eigenvalue weighted by atomic mass is 10.1. The number of ether oxygens (including phenoxy) is 2. The molecule has 0 aliphatic heterocycles. The van der Waals surface area contributed by atoms with E-state index in [1.54, 1.807) is 43.5 Å². The largest absolute Gasteiger partial charge is 0.493 e. The van der Waals surface area contributed by atoms with E-state index in [-0.39, 0.29) is 5.56 Å². The van der Waals surface area contributed by atoms with E-state index in [2.05, 4.69) is 4.98 Å². The fraction of sp³-hybridized carbons (Fsp3) is 0.375. The summed E-state index contributed by atoms with van der Waals surface area (Å²) < 4.78 is 14.6. The van der Waals surface area contributed by atoms with Gasteiger partial charge in [-0.3, -0.25) is 9.36 Å². The maximum absolute atomic E-state index is 13.7. The zero-order valence-corrected chi connectivity index (χ0v) is 20.6. The molecule has 5 rings (SSSR count). The number of hydrogen-bond acceptors (Lipinski definition) is 7. The summed E-state index contributed by atoms with van der Waals surface area (Å²) in [5, 5.41) is 1.57. The fourth-order valence-electron chi connectivity index (χ4n) is 4.31. The fourth-order valence-corrected chi connectivity index (χ4v) is 6.64. The van der Waals surface area contributed by atoms with E-state index in [0.717, 1.165) is 46.0 Å². The van der Waals surface area contributed by atoms with Crippen LogP contribution in [0.2, 0.25) is 0 Å². The van der Waals surface area contributed by atoms with Crippen LogP contribution in [0, 0.1) is 0 Å². The van der Waals surface area contributed by atoms with Gasteiger partial charge in [0, 0.05) is 30.9 Å². The zero-order chi connectivity index (χ0) is 22.9. The lowest BCUT2D eigenvalue weighted by molar-refractivity contribution is 0.354. The van der Waals surface area contributed by atoms with Crippen molar-refractivity contribution in [1.29, 1.82) is 0 Å². The first kappa shape index (κ1) is 22.0. The molecule has 33 heavy (non-hydrogen) atoms. The quantitative estimate of drug-likeness (QED) is 0.276. The summed E-state index contributed by atoms with van der Waals surface area (Å²) in [6.45, 7) is 0.546. The molecule has 1 aliphatic rings. The molecule has 0 radical (unpaired) electrons. The van der Waals surface area contributed by atoms with Crippen molar-refractivity contribution < 1.29 is 9.47 Å². The molecule has 0 atom stereocenters. The molecule has 1 aromatic carbocycles. The average Bonchev–Trinajstić information content (AvgIpc) is 3.53. The van der Waals surface area contributed by atoms with Crippen LogP contribution in [-0.2, 0) is 38.6 Å². The Morgan fingerprint density at radius 1 is 1.18 bits per heavy atom. The first-order valence-corrected chi connectivity index (χ1v) is 12.7. The third-order valence-electron chi connectivity index (χ3n) is 6.11. The molecule has 0 fully saturated rings. The summed E-state index contributed by atoms with van der Waals surface area (Å²) in [4.78, 5) is 25.3. The summed E-state index contributed by atoms with van der Waals surface area (Å²) >= 11 is 3.25. The van der Waals surface area contributed by atoms with Crippen LogP contribution in [0.15, 0.2) is 40.5 Å². The van der Waals surface area contributed by atoms with Gasteiger partial charge in [-0.1, -0.05) is 17.8 Å². The van der Waals surface area contributed by atoms with Gasteiger partial charge in [0.15, 0.2) is 16.7 Å². The van der Waals surface area contributed by atoms with Crippen molar-refractivity contribution >= 4 is 33.3 Å². The molecule has 0 bridgehead atoms. The monoisotopic (exact) mass is 482 g/mol. The minimum Gasteiger partial charge on any atom is -0.493 e. The molecule has 0 saturated heterocycles. The Morgan fingerprint density at radius 3 is 2.79 bits per heavy atom.